The third kappa shape index (κ3) is 2.17. The van der Waals surface area contributed by atoms with Crippen LogP contribution in [-0.4, -0.2) is 0 Å². The van der Waals surface area contributed by atoms with E-state index in [1.54, 1.807) is 0 Å². The molecule has 0 aliphatic carbocycles. The second-order valence-electron chi connectivity index (χ2n) is 7.59. The van der Waals surface area contributed by atoms with Crippen LogP contribution in [0.3, 0.4) is 0 Å². The Kier molecular flexibility index (Phi) is 3.32. The van der Waals surface area contributed by atoms with E-state index in [-0.39, 0.29) is 0 Å². The van der Waals surface area contributed by atoms with Crippen molar-refractivity contribution in [1.29, 1.82) is 0 Å². The summed E-state index contributed by atoms with van der Waals surface area (Å²) >= 11 is 8.83. The minimum absolute atomic E-state index is 0.507. The average Bonchev–Trinajstić information content (AvgIpc) is 3.19. The summed E-state index contributed by atoms with van der Waals surface area (Å²) in [5, 5.41) is 11.8. The lowest BCUT2D eigenvalue weighted by molar-refractivity contribution is 1.71. The van der Waals surface area contributed by atoms with Crippen LogP contribution < -0.4 is 10.4 Å². The van der Waals surface area contributed by atoms with Crippen LogP contribution in [0.25, 0.3) is 52.8 Å². The number of rotatable bonds is 0. The zero-order valence-electron chi connectivity index (χ0n) is 16.7. The highest BCUT2D eigenvalue weighted by Crippen LogP contribution is 2.57. The van der Waals surface area contributed by atoms with Crippen molar-refractivity contribution < 1.29 is 1.37 Å². The summed E-state index contributed by atoms with van der Waals surface area (Å²) in [4.78, 5) is 0. The molecule has 0 spiro atoms. The second kappa shape index (κ2) is 6.18. The number of nitrogens with one attached hydrogen (secondary N) is 1. The molecular weight excluding hydrogens is 425 g/mol. The van der Waals surface area contributed by atoms with Gasteiger partial charge in [-0.3, -0.25) is 0 Å². The molecule has 0 fully saturated rings. The van der Waals surface area contributed by atoms with Crippen molar-refractivity contribution in [3.05, 3.63) is 84.9 Å². The quantitative estimate of drug-likeness (QED) is 0.233. The lowest BCUT2D eigenvalue weighted by Gasteiger charge is -2.29. The molecule has 1 nitrogen and oxygen atoms in total. The molecule has 6 aromatic rings. The summed E-state index contributed by atoms with van der Waals surface area (Å²) in [6, 6.07) is 28.1. The van der Waals surface area contributed by atoms with E-state index in [4.69, 9.17) is 12.6 Å². The smallest absolute Gasteiger partial charge is 0.119 e. The zero-order valence-corrected chi connectivity index (χ0v) is 18.2. The van der Waals surface area contributed by atoms with Crippen LogP contribution in [0.4, 0.5) is 5.69 Å². The fourth-order valence-electron chi connectivity index (χ4n) is 4.77. The van der Waals surface area contributed by atoms with E-state index >= 15 is 0 Å². The van der Waals surface area contributed by atoms with E-state index in [9.17, 15) is 0 Å². The Bertz CT molecular complexity index is 1710. The number of halogens is 1. The fourth-order valence-corrected chi connectivity index (χ4v) is 7.81. The molecule has 1 atom stereocenters. The van der Waals surface area contributed by atoms with Crippen molar-refractivity contribution in [3.63, 3.8) is 0 Å². The highest BCUT2D eigenvalue weighted by molar-refractivity contribution is 7.91. The lowest BCUT2D eigenvalue weighted by Crippen LogP contribution is -2.14. The topological polar surface area (TPSA) is 12.0 Å². The summed E-state index contributed by atoms with van der Waals surface area (Å²) in [6.45, 7) is 0. The number of hydrogen-bond donors (Lipinski definition) is 1. The molecule has 0 saturated heterocycles. The molecule has 5 aromatic carbocycles. The van der Waals surface area contributed by atoms with Crippen molar-refractivity contribution in [3.8, 4) is 11.1 Å². The first kappa shape index (κ1) is 16.1. The first-order valence-corrected chi connectivity index (χ1v) is 12.9. The minimum Gasteiger partial charge on any atom is -0.347 e. The molecular formula is C26H15ClNPS. The Balaban J connectivity index is 1.81. The van der Waals surface area contributed by atoms with Gasteiger partial charge < -0.3 is 5.09 Å². The minimum atomic E-state index is -1.21. The van der Waals surface area contributed by atoms with Gasteiger partial charge in [0, 0.05) is 42.0 Å². The normalized spacial score (nSPS) is 15.9. The van der Waals surface area contributed by atoms with Gasteiger partial charge in [0.05, 0.1) is 7.06 Å². The van der Waals surface area contributed by atoms with Crippen LogP contribution >= 0.6 is 30.0 Å². The van der Waals surface area contributed by atoms with Crippen LogP contribution in [-0.2, 0) is 0 Å². The Hall–Kier alpha value is -2.64. The maximum atomic E-state index is 8.77. The number of thiophene rings is 1. The van der Waals surface area contributed by atoms with E-state index in [2.05, 4.69) is 71.8 Å². The van der Waals surface area contributed by atoms with E-state index in [1.165, 1.54) is 36.5 Å². The van der Waals surface area contributed by atoms with Gasteiger partial charge in [0.25, 0.3) is 0 Å². The predicted octanol–water partition coefficient (Wildman–Crippen LogP) is 8.63. The Labute approximate surface area is 184 Å². The van der Waals surface area contributed by atoms with Gasteiger partial charge in [-0.15, -0.1) is 11.3 Å². The zero-order chi connectivity index (χ0) is 20.7. The lowest BCUT2D eigenvalue weighted by atomic mass is 9.90. The van der Waals surface area contributed by atoms with Gasteiger partial charge in [-0.25, -0.2) is 0 Å². The summed E-state index contributed by atoms with van der Waals surface area (Å²) in [6.07, 6.45) is 0. The third-order valence-corrected chi connectivity index (χ3v) is 9.15. The molecule has 1 aromatic heterocycles. The van der Waals surface area contributed by atoms with Crippen molar-refractivity contribution >= 4 is 82.7 Å². The molecule has 142 valence electrons. The number of hydrogen-bond acceptors (Lipinski definition) is 2. The molecule has 1 aliphatic rings. The molecule has 0 bridgehead atoms. The van der Waals surface area contributed by atoms with Crippen LogP contribution in [0.15, 0.2) is 84.9 Å². The molecule has 4 heteroatoms. The first-order chi connectivity index (χ1) is 15.2. The van der Waals surface area contributed by atoms with E-state index < -0.39 is 7.43 Å². The van der Waals surface area contributed by atoms with Crippen molar-refractivity contribution in [2.75, 3.05) is 5.09 Å². The van der Waals surface area contributed by atoms with Gasteiger partial charge >= 0.3 is 0 Å². The van der Waals surface area contributed by atoms with Crippen LogP contribution in [0, 0.1) is 0 Å². The molecule has 2 heterocycles. The van der Waals surface area contributed by atoms with Crippen LogP contribution in [0.2, 0.25) is 0 Å². The number of benzene rings is 5. The van der Waals surface area contributed by atoms with Gasteiger partial charge in [0.1, 0.15) is 7.43 Å². The van der Waals surface area contributed by atoms with Gasteiger partial charge in [0.2, 0.25) is 0 Å². The second-order valence-corrected chi connectivity index (χ2v) is 10.9. The summed E-state index contributed by atoms with van der Waals surface area (Å²) in [5.41, 5.74) is 3.40. The molecule has 7 rings (SSSR count). The Morgan fingerprint density at radius 3 is 2.33 bits per heavy atom. The molecule has 0 radical (unpaired) electrons. The first-order valence-electron chi connectivity index (χ1n) is 10.3. The number of anilines is 1. The highest BCUT2D eigenvalue weighted by atomic mass is 35.7. The number of fused-ring (bicyclic) bond motifs is 12. The maximum absolute atomic E-state index is 8.77. The SMILES string of the molecule is [2H]c1cc2ccccc2c2c1P(Cl)Nc1c-2c2ccccc2c2sc3ccccc3c12. The maximum Gasteiger partial charge on any atom is 0.119 e. The fraction of sp³-hybridized carbons (Fsp3) is 0. The van der Waals surface area contributed by atoms with E-state index in [0.29, 0.717) is 6.04 Å². The van der Waals surface area contributed by atoms with Crippen molar-refractivity contribution in [2.45, 2.75) is 0 Å². The van der Waals surface area contributed by atoms with Crippen molar-refractivity contribution in [1.82, 2.24) is 0 Å². The van der Waals surface area contributed by atoms with Gasteiger partial charge in [0.15, 0.2) is 0 Å². The van der Waals surface area contributed by atoms with E-state index in [1.807, 2.05) is 23.5 Å². The third-order valence-electron chi connectivity index (χ3n) is 6.02. The van der Waals surface area contributed by atoms with E-state index in [0.717, 1.165) is 27.3 Å². The molecule has 1 aliphatic heterocycles. The Morgan fingerprint density at radius 2 is 1.47 bits per heavy atom. The molecule has 0 saturated carbocycles. The largest absolute Gasteiger partial charge is 0.347 e. The average molecular weight is 441 g/mol. The van der Waals surface area contributed by atoms with Crippen LogP contribution in [0.1, 0.15) is 1.37 Å². The predicted molar refractivity (Wildman–Crippen MR) is 136 cm³/mol. The van der Waals surface area contributed by atoms with Gasteiger partial charge in [-0.05, 0) is 22.2 Å². The van der Waals surface area contributed by atoms with Crippen LogP contribution in [0.5, 0.6) is 0 Å². The molecule has 1 N–H and O–H groups in total. The standard InChI is InChI=1S/C26H15ClNPS/c27-29-20-14-13-15-7-1-2-8-16(15)22(20)23-17-9-3-4-10-18(17)26-24(25(23)28-29)19-11-5-6-12-21(19)30-26/h1-14,28H/i14D. The monoisotopic (exact) mass is 440 g/mol. The van der Waals surface area contributed by atoms with Crippen molar-refractivity contribution in [2.24, 2.45) is 0 Å². The molecule has 1 unspecified atom stereocenters. The molecule has 30 heavy (non-hydrogen) atoms. The van der Waals surface area contributed by atoms with Gasteiger partial charge in [-0.2, -0.15) is 0 Å². The summed E-state index contributed by atoms with van der Waals surface area (Å²) in [5.74, 6) is 0. The highest BCUT2D eigenvalue weighted by Gasteiger charge is 2.29. The Morgan fingerprint density at radius 1 is 0.767 bits per heavy atom. The van der Waals surface area contributed by atoms with Gasteiger partial charge in [-0.1, -0.05) is 90.1 Å². The molecule has 0 amide bonds. The summed E-state index contributed by atoms with van der Waals surface area (Å²) in [7, 11) is -1.21. The summed E-state index contributed by atoms with van der Waals surface area (Å²) < 4.78 is 11.3.